The number of Topliss-reactive ketones (excluding diaryl/α,β-unsaturated/α-hetero) is 1. The molecule has 0 radical (unpaired) electrons. The lowest BCUT2D eigenvalue weighted by Gasteiger charge is -2.07. The zero-order valence-corrected chi connectivity index (χ0v) is 9.75. The SMILES string of the molecule is O=CC(Br)c1cc2c(cc1Cl)N=CC2=O. The molecule has 15 heavy (non-hydrogen) atoms. The van der Waals surface area contributed by atoms with Crippen LogP contribution in [-0.4, -0.2) is 18.3 Å². The quantitative estimate of drug-likeness (QED) is 0.620. The molecule has 1 aliphatic heterocycles. The normalized spacial score (nSPS) is 15.2. The van der Waals surface area contributed by atoms with E-state index >= 15 is 0 Å². The maximum atomic E-state index is 11.3. The number of aliphatic imine (C=N–C) groups is 1. The first-order valence-electron chi connectivity index (χ1n) is 4.14. The van der Waals surface area contributed by atoms with Crippen molar-refractivity contribution in [2.45, 2.75) is 4.83 Å². The van der Waals surface area contributed by atoms with Crippen LogP contribution in [0.2, 0.25) is 5.02 Å². The van der Waals surface area contributed by atoms with Crippen LogP contribution in [0.3, 0.4) is 0 Å². The third kappa shape index (κ3) is 1.75. The zero-order chi connectivity index (χ0) is 11.0. The Morgan fingerprint density at radius 1 is 1.47 bits per heavy atom. The van der Waals surface area contributed by atoms with Gasteiger partial charge < -0.3 is 4.79 Å². The molecular weight excluding hydrogens is 281 g/mol. The molecule has 1 aromatic rings. The van der Waals surface area contributed by atoms with Gasteiger partial charge in [-0.05, 0) is 17.7 Å². The molecule has 1 atom stereocenters. The number of fused-ring (bicyclic) bond motifs is 1. The fourth-order valence-corrected chi connectivity index (χ4v) is 2.15. The summed E-state index contributed by atoms with van der Waals surface area (Å²) in [6, 6.07) is 3.19. The molecule has 0 bridgehead atoms. The predicted molar refractivity (Wildman–Crippen MR) is 61.7 cm³/mol. The van der Waals surface area contributed by atoms with Gasteiger partial charge in [0.05, 0.1) is 16.7 Å². The number of rotatable bonds is 2. The van der Waals surface area contributed by atoms with E-state index in [2.05, 4.69) is 20.9 Å². The average Bonchev–Trinajstić information content (AvgIpc) is 2.58. The van der Waals surface area contributed by atoms with E-state index in [-0.39, 0.29) is 5.78 Å². The topological polar surface area (TPSA) is 46.5 Å². The predicted octanol–water partition coefficient (Wildman–Crippen LogP) is 2.87. The Labute approximate surface area is 99.3 Å². The highest BCUT2D eigenvalue weighted by molar-refractivity contribution is 9.09. The summed E-state index contributed by atoms with van der Waals surface area (Å²) < 4.78 is 0. The molecular formula is C10H5BrClNO2. The molecule has 1 aromatic carbocycles. The molecule has 1 aliphatic rings. The molecule has 0 amide bonds. The molecule has 1 unspecified atom stereocenters. The Bertz CT molecular complexity index is 485. The number of nitrogens with zero attached hydrogens (tertiary/aromatic N) is 1. The van der Waals surface area contributed by atoms with Crippen molar-refractivity contribution in [3.63, 3.8) is 0 Å². The van der Waals surface area contributed by atoms with Gasteiger partial charge in [0.25, 0.3) is 0 Å². The number of carbonyl (C=O) groups is 2. The molecule has 76 valence electrons. The van der Waals surface area contributed by atoms with E-state index < -0.39 is 4.83 Å². The molecule has 3 nitrogen and oxygen atoms in total. The van der Waals surface area contributed by atoms with Gasteiger partial charge in [-0.2, -0.15) is 0 Å². The van der Waals surface area contributed by atoms with Gasteiger partial charge in [-0.3, -0.25) is 9.79 Å². The summed E-state index contributed by atoms with van der Waals surface area (Å²) >= 11 is 9.11. The largest absolute Gasteiger partial charge is 0.302 e. The summed E-state index contributed by atoms with van der Waals surface area (Å²) in [4.78, 5) is 25.4. The summed E-state index contributed by atoms with van der Waals surface area (Å²) in [5.41, 5.74) is 1.63. The smallest absolute Gasteiger partial charge is 0.206 e. The third-order valence-corrected chi connectivity index (χ3v) is 3.15. The Hall–Kier alpha value is -1.00. The van der Waals surface area contributed by atoms with Gasteiger partial charge in [-0.15, -0.1) is 0 Å². The van der Waals surface area contributed by atoms with Crippen molar-refractivity contribution < 1.29 is 9.59 Å². The number of alkyl halides is 1. The minimum absolute atomic E-state index is 0.159. The second-order valence-electron chi connectivity index (χ2n) is 3.05. The van der Waals surface area contributed by atoms with E-state index in [4.69, 9.17) is 11.6 Å². The van der Waals surface area contributed by atoms with Crippen molar-refractivity contribution >= 4 is 51.5 Å². The second kappa shape index (κ2) is 3.87. The van der Waals surface area contributed by atoms with Crippen LogP contribution in [0.1, 0.15) is 20.7 Å². The lowest BCUT2D eigenvalue weighted by Crippen LogP contribution is -1.98. The molecule has 2 rings (SSSR count). The Morgan fingerprint density at radius 2 is 2.20 bits per heavy atom. The van der Waals surface area contributed by atoms with Crippen molar-refractivity contribution in [1.29, 1.82) is 0 Å². The summed E-state index contributed by atoms with van der Waals surface area (Å²) in [6.45, 7) is 0. The fraction of sp³-hybridized carbons (Fsp3) is 0.100. The van der Waals surface area contributed by atoms with E-state index in [1.165, 1.54) is 6.21 Å². The Kier molecular flexibility index (Phi) is 2.71. The summed E-state index contributed by atoms with van der Waals surface area (Å²) in [5.74, 6) is -0.159. The van der Waals surface area contributed by atoms with Crippen LogP contribution < -0.4 is 0 Å². The molecule has 0 aliphatic carbocycles. The van der Waals surface area contributed by atoms with Crippen LogP contribution >= 0.6 is 27.5 Å². The lowest BCUT2D eigenvalue weighted by atomic mass is 10.1. The molecule has 0 spiro atoms. The van der Waals surface area contributed by atoms with E-state index in [0.29, 0.717) is 28.1 Å². The highest BCUT2D eigenvalue weighted by Crippen LogP contribution is 2.35. The van der Waals surface area contributed by atoms with Crippen molar-refractivity contribution in [1.82, 2.24) is 0 Å². The Balaban J connectivity index is 2.57. The van der Waals surface area contributed by atoms with E-state index in [1.807, 2.05) is 0 Å². The molecule has 0 aromatic heterocycles. The number of hydrogen-bond donors (Lipinski definition) is 0. The summed E-state index contributed by atoms with van der Waals surface area (Å²) in [7, 11) is 0. The standard InChI is InChI=1S/C10H5BrClNO2/c11-7(4-14)5-1-6-9(2-8(5)12)13-3-10(6)15/h1-4,7H. The van der Waals surface area contributed by atoms with Gasteiger partial charge in [0.1, 0.15) is 6.29 Å². The zero-order valence-electron chi connectivity index (χ0n) is 7.41. The van der Waals surface area contributed by atoms with Gasteiger partial charge in [0.2, 0.25) is 5.78 Å². The van der Waals surface area contributed by atoms with E-state index in [0.717, 1.165) is 0 Å². The van der Waals surface area contributed by atoms with Crippen LogP contribution in [0.15, 0.2) is 17.1 Å². The monoisotopic (exact) mass is 285 g/mol. The van der Waals surface area contributed by atoms with Gasteiger partial charge in [-0.1, -0.05) is 27.5 Å². The number of carbonyl (C=O) groups excluding carboxylic acids is 2. The first kappa shape index (κ1) is 10.5. The van der Waals surface area contributed by atoms with E-state index in [9.17, 15) is 9.59 Å². The van der Waals surface area contributed by atoms with E-state index in [1.54, 1.807) is 12.1 Å². The Morgan fingerprint density at radius 3 is 2.87 bits per heavy atom. The van der Waals surface area contributed by atoms with Crippen molar-refractivity contribution in [2.24, 2.45) is 4.99 Å². The molecule has 0 saturated carbocycles. The van der Waals surface area contributed by atoms with Gasteiger partial charge in [0.15, 0.2) is 0 Å². The minimum atomic E-state index is -0.497. The summed E-state index contributed by atoms with van der Waals surface area (Å²) in [5, 5.41) is 0.426. The second-order valence-corrected chi connectivity index (χ2v) is 4.44. The van der Waals surface area contributed by atoms with Crippen molar-refractivity contribution in [3.05, 3.63) is 28.3 Å². The minimum Gasteiger partial charge on any atom is -0.302 e. The maximum Gasteiger partial charge on any atom is 0.206 e. The third-order valence-electron chi connectivity index (χ3n) is 2.12. The highest BCUT2D eigenvalue weighted by Gasteiger charge is 2.20. The summed E-state index contributed by atoms with van der Waals surface area (Å²) in [6.07, 6.45) is 1.96. The molecule has 1 heterocycles. The van der Waals surface area contributed by atoms with Crippen molar-refractivity contribution in [2.75, 3.05) is 0 Å². The van der Waals surface area contributed by atoms with Gasteiger partial charge >= 0.3 is 0 Å². The van der Waals surface area contributed by atoms with Crippen LogP contribution in [0, 0.1) is 0 Å². The van der Waals surface area contributed by atoms with Crippen LogP contribution in [0.5, 0.6) is 0 Å². The number of benzene rings is 1. The fourth-order valence-electron chi connectivity index (χ4n) is 1.37. The lowest BCUT2D eigenvalue weighted by molar-refractivity contribution is -0.107. The molecule has 5 heteroatoms. The highest BCUT2D eigenvalue weighted by atomic mass is 79.9. The first-order valence-corrected chi connectivity index (χ1v) is 5.44. The molecule has 0 fully saturated rings. The molecule has 0 saturated heterocycles. The number of ketones is 1. The van der Waals surface area contributed by atoms with Crippen LogP contribution in [0.25, 0.3) is 0 Å². The molecule has 0 N–H and O–H groups in total. The number of hydrogen-bond acceptors (Lipinski definition) is 3. The maximum absolute atomic E-state index is 11.3. The average molecular weight is 287 g/mol. The van der Waals surface area contributed by atoms with Crippen LogP contribution in [-0.2, 0) is 4.79 Å². The number of aldehydes is 1. The van der Waals surface area contributed by atoms with Crippen LogP contribution in [0.4, 0.5) is 5.69 Å². The van der Waals surface area contributed by atoms with Gasteiger partial charge in [-0.25, -0.2) is 0 Å². The number of halogens is 2. The van der Waals surface area contributed by atoms with Crippen molar-refractivity contribution in [3.8, 4) is 0 Å². The first-order chi connectivity index (χ1) is 7.13. The van der Waals surface area contributed by atoms with Gasteiger partial charge in [0, 0.05) is 10.6 Å².